The largest absolute Gasteiger partial charge is 0.487 e. The van der Waals surface area contributed by atoms with Gasteiger partial charge < -0.3 is 14.8 Å². The minimum absolute atomic E-state index is 0.334. The Balaban J connectivity index is 1.48. The molecule has 0 bridgehead atoms. The Morgan fingerprint density at radius 3 is 2.59 bits per heavy atom. The van der Waals surface area contributed by atoms with E-state index in [2.05, 4.69) is 10.3 Å². The van der Waals surface area contributed by atoms with Crippen molar-refractivity contribution in [2.75, 3.05) is 5.32 Å². The molecule has 1 heterocycles. The van der Waals surface area contributed by atoms with E-state index in [-0.39, 0.29) is 5.69 Å². The van der Waals surface area contributed by atoms with Gasteiger partial charge in [-0.2, -0.15) is 0 Å². The summed E-state index contributed by atoms with van der Waals surface area (Å²) in [6, 6.07) is 15.2. The van der Waals surface area contributed by atoms with Crippen LogP contribution in [0.25, 0.3) is 6.08 Å². The second-order valence-corrected chi connectivity index (χ2v) is 6.70. The van der Waals surface area contributed by atoms with E-state index >= 15 is 0 Å². The molecule has 0 aliphatic carbocycles. The first-order valence-electron chi connectivity index (χ1n) is 9.68. The molecule has 164 valence electrons. The van der Waals surface area contributed by atoms with Crippen molar-refractivity contribution in [2.24, 2.45) is 0 Å². The van der Waals surface area contributed by atoms with Gasteiger partial charge in [0.25, 0.3) is 5.91 Å². The molecular weight excluding hydrogens is 418 g/mol. The topological polar surface area (TPSA) is 77.5 Å². The molecular formula is C24H20F2N2O4. The molecule has 1 N–H and O–H groups in total. The molecule has 0 aliphatic heterocycles. The van der Waals surface area contributed by atoms with Gasteiger partial charge in [0.1, 0.15) is 24.0 Å². The van der Waals surface area contributed by atoms with Crippen LogP contribution in [0.1, 0.15) is 18.2 Å². The first-order valence-corrected chi connectivity index (χ1v) is 9.68. The summed E-state index contributed by atoms with van der Waals surface area (Å²) >= 11 is 0. The van der Waals surface area contributed by atoms with Gasteiger partial charge in [-0.25, -0.2) is 13.6 Å². The number of carbonyl (C=O) groups is 2. The van der Waals surface area contributed by atoms with Crippen LogP contribution in [0, 0.1) is 11.6 Å². The third kappa shape index (κ3) is 6.73. The summed E-state index contributed by atoms with van der Waals surface area (Å²) in [5, 5.41) is 2.19. The number of halogens is 2. The van der Waals surface area contributed by atoms with Gasteiger partial charge in [-0.15, -0.1) is 0 Å². The number of nitrogens with one attached hydrogen (secondary N) is 1. The molecule has 1 aromatic heterocycles. The summed E-state index contributed by atoms with van der Waals surface area (Å²) in [6.07, 6.45) is 3.16. The predicted octanol–water partition coefficient (Wildman–Crippen LogP) is 4.52. The fourth-order valence-electron chi connectivity index (χ4n) is 2.57. The highest BCUT2D eigenvalue weighted by Gasteiger charge is 2.18. The smallest absolute Gasteiger partial charge is 0.331 e. The van der Waals surface area contributed by atoms with Gasteiger partial charge in [-0.3, -0.25) is 9.78 Å². The zero-order valence-corrected chi connectivity index (χ0v) is 17.1. The number of benzene rings is 2. The van der Waals surface area contributed by atoms with Crippen molar-refractivity contribution < 1.29 is 27.8 Å². The average molecular weight is 438 g/mol. The first kappa shape index (κ1) is 22.6. The molecule has 1 atom stereocenters. The van der Waals surface area contributed by atoms with Crippen LogP contribution >= 0.6 is 0 Å². The van der Waals surface area contributed by atoms with Gasteiger partial charge in [0.2, 0.25) is 0 Å². The van der Waals surface area contributed by atoms with Crippen LogP contribution in [-0.2, 0) is 20.9 Å². The lowest BCUT2D eigenvalue weighted by atomic mass is 10.2. The summed E-state index contributed by atoms with van der Waals surface area (Å²) in [7, 11) is 0. The Kier molecular flexibility index (Phi) is 7.64. The number of esters is 1. The van der Waals surface area contributed by atoms with Crippen molar-refractivity contribution in [2.45, 2.75) is 19.6 Å². The Bertz CT molecular complexity index is 1100. The maximum atomic E-state index is 13.6. The lowest BCUT2D eigenvalue weighted by Crippen LogP contribution is -2.29. The summed E-state index contributed by atoms with van der Waals surface area (Å²) in [5.74, 6) is -2.41. The lowest BCUT2D eigenvalue weighted by Gasteiger charge is -2.13. The van der Waals surface area contributed by atoms with Crippen LogP contribution < -0.4 is 10.1 Å². The van der Waals surface area contributed by atoms with Gasteiger partial charge >= 0.3 is 5.97 Å². The summed E-state index contributed by atoms with van der Waals surface area (Å²) in [5.41, 5.74) is 1.18. The summed E-state index contributed by atoms with van der Waals surface area (Å²) in [4.78, 5) is 28.2. The number of amides is 1. The zero-order chi connectivity index (χ0) is 22.9. The molecule has 1 amide bonds. The molecule has 0 spiro atoms. The third-order valence-electron chi connectivity index (χ3n) is 4.25. The van der Waals surface area contributed by atoms with Crippen LogP contribution in [-0.4, -0.2) is 23.0 Å². The SMILES string of the molecule is CC(OC(=O)C=Cc1ccc(OCc2ccccn2)cc1)C(=O)Nc1cc(F)ccc1F. The minimum Gasteiger partial charge on any atom is -0.487 e. The number of nitrogens with zero attached hydrogens (tertiary/aromatic N) is 1. The van der Waals surface area contributed by atoms with Crippen molar-refractivity contribution in [1.29, 1.82) is 0 Å². The molecule has 6 nitrogen and oxygen atoms in total. The second-order valence-electron chi connectivity index (χ2n) is 6.70. The Hall–Kier alpha value is -4.07. The number of carbonyl (C=O) groups excluding carboxylic acids is 2. The number of pyridine rings is 1. The van der Waals surface area contributed by atoms with Crippen molar-refractivity contribution in [3.05, 3.63) is 95.8 Å². The van der Waals surface area contributed by atoms with E-state index in [1.54, 1.807) is 30.5 Å². The molecule has 0 saturated heterocycles. The summed E-state index contributed by atoms with van der Waals surface area (Å²) < 4.78 is 37.5. The standard InChI is InChI=1S/C24H20F2N2O4/c1-16(24(30)28-22-14-18(25)8-11-21(22)26)32-23(29)12-7-17-5-9-20(10-6-17)31-15-19-4-2-3-13-27-19/h2-14,16H,15H2,1H3,(H,28,30). The lowest BCUT2D eigenvalue weighted by molar-refractivity contribution is -0.148. The zero-order valence-electron chi connectivity index (χ0n) is 17.1. The number of anilines is 1. The average Bonchev–Trinajstić information content (AvgIpc) is 2.80. The molecule has 1 unspecified atom stereocenters. The van der Waals surface area contributed by atoms with E-state index in [0.717, 1.165) is 30.0 Å². The highest BCUT2D eigenvalue weighted by Crippen LogP contribution is 2.17. The Morgan fingerprint density at radius 2 is 1.88 bits per heavy atom. The van der Waals surface area contributed by atoms with Gasteiger partial charge in [0.05, 0.1) is 11.4 Å². The van der Waals surface area contributed by atoms with E-state index in [1.807, 2.05) is 18.2 Å². The molecule has 8 heteroatoms. The number of rotatable bonds is 8. The van der Waals surface area contributed by atoms with Crippen LogP contribution in [0.5, 0.6) is 5.75 Å². The Morgan fingerprint density at radius 1 is 1.09 bits per heavy atom. The monoisotopic (exact) mass is 438 g/mol. The van der Waals surface area contributed by atoms with Crippen LogP contribution in [0.3, 0.4) is 0 Å². The molecule has 3 rings (SSSR count). The van der Waals surface area contributed by atoms with Crippen molar-refractivity contribution in [3.8, 4) is 5.75 Å². The molecule has 3 aromatic rings. The van der Waals surface area contributed by atoms with E-state index < -0.39 is 29.6 Å². The number of hydrogen-bond donors (Lipinski definition) is 1. The fraction of sp³-hybridized carbons (Fsp3) is 0.125. The van der Waals surface area contributed by atoms with E-state index in [1.165, 1.54) is 13.0 Å². The highest BCUT2D eigenvalue weighted by atomic mass is 19.1. The van der Waals surface area contributed by atoms with Gasteiger partial charge in [0, 0.05) is 18.3 Å². The fourth-order valence-corrected chi connectivity index (χ4v) is 2.57. The molecule has 2 aromatic carbocycles. The highest BCUT2D eigenvalue weighted by molar-refractivity contribution is 5.96. The molecule has 0 fully saturated rings. The maximum Gasteiger partial charge on any atom is 0.331 e. The first-order chi connectivity index (χ1) is 15.4. The van der Waals surface area contributed by atoms with Crippen molar-refractivity contribution in [1.82, 2.24) is 4.98 Å². The van der Waals surface area contributed by atoms with E-state index in [9.17, 15) is 18.4 Å². The molecule has 32 heavy (non-hydrogen) atoms. The summed E-state index contributed by atoms with van der Waals surface area (Å²) in [6.45, 7) is 1.66. The normalized spacial score (nSPS) is 11.7. The van der Waals surface area contributed by atoms with E-state index in [4.69, 9.17) is 9.47 Å². The van der Waals surface area contributed by atoms with Crippen molar-refractivity contribution in [3.63, 3.8) is 0 Å². The number of aromatic nitrogens is 1. The maximum absolute atomic E-state index is 13.6. The van der Waals surface area contributed by atoms with Crippen LogP contribution in [0.2, 0.25) is 0 Å². The molecule has 0 aliphatic rings. The molecule has 0 radical (unpaired) electrons. The number of hydrogen-bond acceptors (Lipinski definition) is 5. The number of ether oxygens (including phenoxy) is 2. The Labute approximate surface area is 183 Å². The molecule has 0 saturated carbocycles. The third-order valence-corrected chi connectivity index (χ3v) is 4.25. The van der Waals surface area contributed by atoms with Crippen LogP contribution in [0.15, 0.2) is 72.9 Å². The quantitative estimate of drug-likeness (QED) is 0.413. The van der Waals surface area contributed by atoms with Crippen molar-refractivity contribution >= 4 is 23.6 Å². The second kappa shape index (κ2) is 10.8. The predicted molar refractivity (Wildman–Crippen MR) is 115 cm³/mol. The minimum atomic E-state index is -1.21. The van der Waals surface area contributed by atoms with Crippen LogP contribution in [0.4, 0.5) is 14.5 Å². The van der Waals surface area contributed by atoms with Gasteiger partial charge in [-0.05, 0) is 55.0 Å². The van der Waals surface area contributed by atoms with E-state index in [0.29, 0.717) is 17.9 Å². The van der Waals surface area contributed by atoms with Gasteiger partial charge in [-0.1, -0.05) is 18.2 Å². The van der Waals surface area contributed by atoms with Gasteiger partial charge in [0.15, 0.2) is 6.10 Å².